The summed E-state index contributed by atoms with van der Waals surface area (Å²) in [5, 5.41) is 12.9. The van der Waals surface area contributed by atoms with E-state index in [-0.39, 0.29) is 0 Å². The van der Waals surface area contributed by atoms with Crippen LogP contribution in [0.25, 0.3) is 11.3 Å². The Morgan fingerprint density at radius 3 is 2.73 bits per heavy atom. The fourth-order valence-corrected chi connectivity index (χ4v) is 2.72. The average Bonchev–Trinajstić information content (AvgIpc) is 3.19. The Morgan fingerprint density at radius 2 is 2.05 bits per heavy atom. The Kier molecular flexibility index (Phi) is 4.93. The number of hydrogen-bond donors (Lipinski definition) is 2. The van der Waals surface area contributed by atoms with Crippen LogP contribution < -0.4 is 5.32 Å². The summed E-state index contributed by atoms with van der Waals surface area (Å²) in [6, 6.07) is 11.8. The Hall–Kier alpha value is -1.62. The van der Waals surface area contributed by atoms with Crippen LogP contribution in [0.2, 0.25) is 0 Å². The van der Waals surface area contributed by atoms with Gasteiger partial charge in [-0.05, 0) is 37.5 Å². The molecule has 4 nitrogen and oxygen atoms in total. The van der Waals surface area contributed by atoms with Gasteiger partial charge in [-0.25, -0.2) is 0 Å². The van der Waals surface area contributed by atoms with Gasteiger partial charge in [-0.3, -0.25) is 0 Å². The van der Waals surface area contributed by atoms with Crippen molar-refractivity contribution in [2.24, 2.45) is 0 Å². The molecule has 3 rings (SSSR count). The molecule has 2 heterocycles. The first-order chi connectivity index (χ1) is 10.7. The Bertz CT molecular complexity index is 583. The molecule has 2 aromatic rings. The topological polar surface area (TPSA) is 54.6 Å². The summed E-state index contributed by atoms with van der Waals surface area (Å²) >= 11 is 0. The van der Waals surface area contributed by atoms with E-state index in [1.807, 2.05) is 36.4 Å². The summed E-state index contributed by atoms with van der Waals surface area (Å²) in [7, 11) is 0. The number of aliphatic hydroxyl groups excluding tert-OH is 1. The quantitative estimate of drug-likeness (QED) is 0.860. The average molecular weight is 301 g/mol. The van der Waals surface area contributed by atoms with E-state index in [9.17, 15) is 5.11 Å². The maximum Gasteiger partial charge on any atom is 0.134 e. The van der Waals surface area contributed by atoms with Gasteiger partial charge >= 0.3 is 0 Å². The minimum atomic E-state index is -0.441. The van der Waals surface area contributed by atoms with Crippen molar-refractivity contribution < 1.29 is 14.3 Å². The van der Waals surface area contributed by atoms with E-state index in [2.05, 4.69) is 5.32 Å². The van der Waals surface area contributed by atoms with Crippen LogP contribution in [0.3, 0.4) is 0 Å². The van der Waals surface area contributed by atoms with Gasteiger partial charge < -0.3 is 19.6 Å². The minimum absolute atomic E-state index is 0.349. The zero-order valence-corrected chi connectivity index (χ0v) is 12.9. The second-order valence-corrected chi connectivity index (χ2v) is 5.83. The van der Waals surface area contributed by atoms with Gasteiger partial charge in [0.15, 0.2) is 0 Å². The lowest BCUT2D eigenvalue weighted by atomic mass is 10.1. The van der Waals surface area contributed by atoms with E-state index < -0.39 is 6.10 Å². The molecule has 2 unspecified atom stereocenters. The smallest absolute Gasteiger partial charge is 0.134 e. The van der Waals surface area contributed by atoms with Crippen LogP contribution in [-0.4, -0.2) is 24.4 Å². The monoisotopic (exact) mass is 301 g/mol. The molecule has 0 amide bonds. The molecule has 0 radical (unpaired) electrons. The lowest BCUT2D eigenvalue weighted by Crippen LogP contribution is -2.25. The minimum Gasteiger partial charge on any atom is -0.460 e. The number of ether oxygens (including phenoxy) is 1. The molecule has 1 aliphatic heterocycles. The van der Waals surface area contributed by atoms with Gasteiger partial charge in [0.1, 0.15) is 11.5 Å². The van der Waals surface area contributed by atoms with Gasteiger partial charge in [-0.1, -0.05) is 24.3 Å². The Balaban J connectivity index is 1.55. The van der Waals surface area contributed by atoms with Crippen LogP contribution in [0, 0.1) is 0 Å². The van der Waals surface area contributed by atoms with Gasteiger partial charge in [-0.2, -0.15) is 0 Å². The molecular formula is C18H23NO3. The third-order valence-corrected chi connectivity index (χ3v) is 4.03. The van der Waals surface area contributed by atoms with E-state index >= 15 is 0 Å². The molecule has 1 aromatic heterocycles. The molecule has 0 spiro atoms. The van der Waals surface area contributed by atoms with Crippen molar-refractivity contribution >= 4 is 0 Å². The summed E-state index contributed by atoms with van der Waals surface area (Å²) in [5.41, 5.74) is 1.93. The molecule has 1 aliphatic rings. The number of nitrogens with one attached hydrogen (secondary N) is 1. The Morgan fingerprint density at radius 1 is 1.23 bits per heavy atom. The molecule has 2 N–H and O–H groups in total. The van der Waals surface area contributed by atoms with Crippen LogP contribution in [-0.2, 0) is 11.3 Å². The van der Waals surface area contributed by atoms with Crippen molar-refractivity contribution in [2.75, 3.05) is 13.2 Å². The zero-order chi connectivity index (χ0) is 15.4. The summed E-state index contributed by atoms with van der Waals surface area (Å²) in [4.78, 5) is 0. The first-order valence-corrected chi connectivity index (χ1v) is 7.92. The molecular weight excluding hydrogens is 278 g/mol. The highest BCUT2D eigenvalue weighted by molar-refractivity contribution is 5.58. The van der Waals surface area contributed by atoms with Crippen molar-refractivity contribution in [1.29, 1.82) is 0 Å². The van der Waals surface area contributed by atoms with E-state index in [1.54, 1.807) is 6.92 Å². The highest BCUT2D eigenvalue weighted by Gasteiger charge is 2.14. The van der Waals surface area contributed by atoms with Crippen molar-refractivity contribution in [1.82, 2.24) is 5.32 Å². The second kappa shape index (κ2) is 7.09. The van der Waals surface area contributed by atoms with E-state index in [1.165, 1.54) is 6.42 Å². The fraction of sp³-hybridized carbons (Fsp3) is 0.444. The maximum atomic E-state index is 9.53. The van der Waals surface area contributed by atoms with Gasteiger partial charge in [0.2, 0.25) is 0 Å². The molecule has 0 saturated carbocycles. The van der Waals surface area contributed by atoms with E-state index in [0.717, 1.165) is 42.2 Å². The van der Waals surface area contributed by atoms with E-state index in [4.69, 9.17) is 9.15 Å². The molecule has 118 valence electrons. The van der Waals surface area contributed by atoms with Crippen LogP contribution in [0.4, 0.5) is 0 Å². The standard InChI is InChI=1S/C18H23NO3/c1-13(20)14-4-6-15(7-5-14)18-9-8-17(22-18)12-19-11-16-3-2-10-21-16/h4-9,13,16,19-20H,2-3,10-12H2,1H3. The summed E-state index contributed by atoms with van der Waals surface area (Å²) in [6.45, 7) is 4.24. The molecule has 1 saturated heterocycles. The maximum absolute atomic E-state index is 9.53. The number of rotatable bonds is 6. The van der Waals surface area contributed by atoms with Crippen LogP contribution in [0.15, 0.2) is 40.8 Å². The van der Waals surface area contributed by atoms with Crippen LogP contribution >= 0.6 is 0 Å². The van der Waals surface area contributed by atoms with Gasteiger partial charge in [-0.15, -0.1) is 0 Å². The predicted molar refractivity (Wildman–Crippen MR) is 85.5 cm³/mol. The second-order valence-electron chi connectivity index (χ2n) is 5.83. The van der Waals surface area contributed by atoms with Gasteiger partial charge in [0.05, 0.1) is 18.8 Å². The molecule has 1 aromatic carbocycles. The zero-order valence-electron chi connectivity index (χ0n) is 12.9. The first kappa shape index (κ1) is 15.3. The number of aliphatic hydroxyl groups is 1. The van der Waals surface area contributed by atoms with Crippen molar-refractivity contribution in [2.45, 2.75) is 38.5 Å². The molecule has 1 fully saturated rings. The van der Waals surface area contributed by atoms with Crippen molar-refractivity contribution in [3.05, 3.63) is 47.7 Å². The summed E-state index contributed by atoms with van der Waals surface area (Å²) in [6.07, 6.45) is 2.22. The lowest BCUT2D eigenvalue weighted by molar-refractivity contribution is 0.109. The SMILES string of the molecule is CC(O)c1ccc(-c2ccc(CNCC3CCCO3)o2)cc1. The summed E-state index contributed by atoms with van der Waals surface area (Å²) < 4.78 is 11.5. The highest BCUT2D eigenvalue weighted by Crippen LogP contribution is 2.24. The largest absolute Gasteiger partial charge is 0.460 e. The normalized spacial score (nSPS) is 19.5. The number of benzene rings is 1. The Labute approximate surface area is 131 Å². The predicted octanol–water partition coefficient (Wildman–Crippen LogP) is 3.27. The number of furan rings is 1. The molecule has 0 bridgehead atoms. The van der Waals surface area contributed by atoms with E-state index in [0.29, 0.717) is 12.6 Å². The first-order valence-electron chi connectivity index (χ1n) is 7.92. The van der Waals surface area contributed by atoms with Crippen LogP contribution in [0.1, 0.15) is 37.2 Å². The lowest BCUT2D eigenvalue weighted by Gasteiger charge is -2.09. The molecule has 22 heavy (non-hydrogen) atoms. The van der Waals surface area contributed by atoms with Gasteiger partial charge in [0.25, 0.3) is 0 Å². The summed E-state index contributed by atoms with van der Waals surface area (Å²) in [5.74, 6) is 1.78. The van der Waals surface area contributed by atoms with Gasteiger partial charge in [0, 0.05) is 18.7 Å². The number of hydrogen-bond acceptors (Lipinski definition) is 4. The van der Waals surface area contributed by atoms with Crippen molar-refractivity contribution in [3.63, 3.8) is 0 Å². The van der Waals surface area contributed by atoms with Crippen molar-refractivity contribution in [3.8, 4) is 11.3 Å². The fourth-order valence-electron chi connectivity index (χ4n) is 2.72. The molecule has 0 aliphatic carbocycles. The third kappa shape index (κ3) is 3.77. The molecule has 4 heteroatoms. The molecule has 2 atom stereocenters. The third-order valence-electron chi connectivity index (χ3n) is 4.03. The van der Waals surface area contributed by atoms with Crippen LogP contribution in [0.5, 0.6) is 0 Å². The highest BCUT2D eigenvalue weighted by atomic mass is 16.5.